The van der Waals surface area contributed by atoms with Gasteiger partial charge in [-0.2, -0.15) is 0 Å². The van der Waals surface area contributed by atoms with Crippen molar-refractivity contribution in [2.75, 3.05) is 40.5 Å². The molecule has 1 saturated heterocycles. The molecule has 0 radical (unpaired) electrons. The molecule has 0 bridgehead atoms. The zero-order valence-electron chi connectivity index (χ0n) is 19.7. The molecule has 2 rings (SSSR count). The first-order chi connectivity index (χ1) is 15.3. The SMILES string of the molecule is COCCCNC(=O)[C@H](NC(=O)c1ccc(OC)cc1)C1CCN(C(=O)CC(C)C)CC1. The standard InChI is InChI=1S/C24H37N3O5/c1-17(2)16-21(28)27-13-10-18(11-14-27)22(24(30)25-12-5-15-31-3)26-23(29)19-6-8-20(32-4)9-7-19/h6-9,17-18,22H,5,10-16H2,1-4H3,(H,25,30)(H,26,29)/t22-/m1/s1. The molecule has 32 heavy (non-hydrogen) atoms. The maximum atomic E-state index is 13.0. The molecule has 1 aliphatic rings. The first-order valence-electron chi connectivity index (χ1n) is 11.3. The number of hydrogen-bond acceptors (Lipinski definition) is 5. The fourth-order valence-electron chi connectivity index (χ4n) is 3.86. The third-order valence-electron chi connectivity index (χ3n) is 5.69. The van der Waals surface area contributed by atoms with Crippen molar-refractivity contribution in [3.8, 4) is 5.75 Å². The second-order valence-electron chi connectivity index (χ2n) is 8.63. The Labute approximate surface area is 191 Å². The van der Waals surface area contributed by atoms with Crippen LogP contribution in [0.4, 0.5) is 0 Å². The Morgan fingerprint density at radius 2 is 1.75 bits per heavy atom. The topological polar surface area (TPSA) is 97.0 Å². The van der Waals surface area contributed by atoms with Gasteiger partial charge in [-0.3, -0.25) is 14.4 Å². The Morgan fingerprint density at radius 3 is 2.31 bits per heavy atom. The second kappa shape index (κ2) is 13.1. The van der Waals surface area contributed by atoms with Crippen LogP contribution in [-0.4, -0.2) is 69.1 Å². The number of rotatable bonds is 11. The number of carbonyl (C=O) groups excluding carboxylic acids is 3. The summed E-state index contributed by atoms with van der Waals surface area (Å²) in [5, 5.41) is 5.85. The lowest BCUT2D eigenvalue weighted by molar-refractivity contribution is -0.133. The van der Waals surface area contributed by atoms with Crippen molar-refractivity contribution in [2.45, 2.75) is 45.6 Å². The van der Waals surface area contributed by atoms with Crippen LogP contribution in [0.1, 0.15) is 49.9 Å². The summed E-state index contributed by atoms with van der Waals surface area (Å²) in [5.74, 6) is 0.587. The van der Waals surface area contributed by atoms with E-state index in [-0.39, 0.29) is 23.6 Å². The maximum Gasteiger partial charge on any atom is 0.251 e. The molecule has 1 fully saturated rings. The van der Waals surface area contributed by atoms with Gasteiger partial charge in [-0.05, 0) is 55.4 Å². The minimum absolute atomic E-state index is 0.0391. The highest BCUT2D eigenvalue weighted by Crippen LogP contribution is 2.23. The van der Waals surface area contributed by atoms with Crippen LogP contribution in [0, 0.1) is 11.8 Å². The molecule has 2 N–H and O–H groups in total. The van der Waals surface area contributed by atoms with Crippen molar-refractivity contribution in [3.05, 3.63) is 29.8 Å². The van der Waals surface area contributed by atoms with Crippen LogP contribution in [-0.2, 0) is 14.3 Å². The molecule has 0 saturated carbocycles. The zero-order chi connectivity index (χ0) is 23.5. The molecule has 0 aromatic heterocycles. The van der Waals surface area contributed by atoms with E-state index >= 15 is 0 Å². The van der Waals surface area contributed by atoms with Crippen molar-refractivity contribution in [1.29, 1.82) is 0 Å². The minimum atomic E-state index is -0.658. The molecule has 1 aromatic carbocycles. The second-order valence-corrected chi connectivity index (χ2v) is 8.63. The zero-order valence-corrected chi connectivity index (χ0v) is 19.7. The van der Waals surface area contributed by atoms with E-state index in [9.17, 15) is 14.4 Å². The van der Waals surface area contributed by atoms with Crippen LogP contribution in [0.5, 0.6) is 5.75 Å². The van der Waals surface area contributed by atoms with E-state index in [0.717, 1.165) is 0 Å². The van der Waals surface area contributed by atoms with Gasteiger partial charge in [0.05, 0.1) is 7.11 Å². The summed E-state index contributed by atoms with van der Waals surface area (Å²) in [6.45, 7) is 6.30. The van der Waals surface area contributed by atoms with Gasteiger partial charge in [0.15, 0.2) is 0 Å². The highest BCUT2D eigenvalue weighted by atomic mass is 16.5. The number of nitrogens with one attached hydrogen (secondary N) is 2. The Kier molecular flexibility index (Phi) is 10.5. The van der Waals surface area contributed by atoms with Crippen LogP contribution >= 0.6 is 0 Å². The Hall–Kier alpha value is -2.61. The van der Waals surface area contributed by atoms with E-state index in [1.54, 1.807) is 38.5 Å². The van der Waals surface area contributed by atoms with Gasteiger partial charge in [-0.25, -0.2) is 0 Å². The lowest BCUT2D eigenvalue weighted by atomic mass is 9.88. The Morgan fingerprint density at radius 1 is 1.09 bits per heavy atom. The van der Waals surface area contributed by atoms with Gasteiger partial charge in [-0.1, -0.05) is 13.8 Å². The van der Waals surface area contributed by atoms with Gasteiger partial charge in [0.1, 0.15) is 11.8 Å². The highest BCUT2D eigenvalue weighted by molar-refractivity contribution is 5.97. The Balaban J connectivity index is 2.04. The summed E-state index contributed by atoms with van der Waals surface area (Å²) < 4.78 is 10.2. The van der Waals surface area contributed by atoms with E-state index in [2.05, 4.69) is 10.6 Å². The number of likely N-dealkylation sites (tertiary alicyclic amines) is 1. The molecule has 8 heteroatoms. The minimum Gasteiger partial charge on any atom is -0.497 e. The van der Waals surface area contributed by atoms with Crippen LogP contribution in [0.15, 0.2) is 24.3 Å². The number of benzene rings is 1. The lowest BCUT2D eigenvalue weighted by Crippen LogP contribution is -2.54. The fraction of sp³-hybridized carbons (Fsp3) is 0.625. The van der Waals surface area contributed by atoms with E-state index in [1.807, 2.05) is 18.7 Å². The smallest absolute Gasteiger partial charge is 0.251 e. The summed E-state index contributed by atoms with van der Waals surface area (Å²) >= 11 is 0. The van der Waals surface area contributed by atoms with E-state index in [0.29, 0.717) is 69.2 Å². The average Bonchev–Trinajstić information content (AvgIpc) is 2.79. The van der Waals surface area contributed by atoms with Gasteiger partial charge in [-0.15, -0.1) is 0 Å². The van der Waals surface area contributed by atoms with Crippen molar-refractivity contribution in [1.82, 2.24) is 15.5 Å². The van der Waals surface area contributed by atoms with Gasteiger partial charge in [0, 0.05) is 45.3 Å². The van der Waals surface area contributed by atoms with Crippen LogP contribution < -0.4 is 15.4 Å². The van der Waals surface area contributed by atoms with Crippen molar-refractivity contribution < 1.29 is 23.9 Å². The normalized spacial score (nSPS) is 15.3. The quantitative estimate of drug-likeness (QED) is 0.507. The number of piperidine rings is 1. The predicted octanol–water partition coefficient (Wildman–Crippen LogP) is 2.23. The average molecular weight is 448 g/mol. The number of amides is 3. The predicted molar refractivity (Wildman–Crippen MR) is 123 cm³/mol. The first-order valence-corrected chi connectivity index (χ1v) is 11.3. The Bertz CT molecular complexity index is 743. The molecule has 1 aromatic rings. The third-order valence-corrected chi connectivity index (χ3v) is 5.69. The number of ether oxygens (including phenoxy) is 2. The molecular weight excluding hydrogens is 410 g/mol. The van der Waals surface area contributed by atoms with E-state index < -0.39 is 6.04 Å². The van der Waals surface area contributed by atoms with E-state index in [4.69, 9.17) is 9.47 Å². The molecule has 1 heterocycles. The molecule has 0 spiro atoms. The largest absolute Gasteiger partial charge is 0.497 e. The molecule has 1 atom stereocenters. The molecular formula is C24H37N3O5. The maximum absolute atomic E-state index is 13.0. The summed E-state index contributed by atoms with van der Waals surface area (Å²) in [6, 6.07) is 6.12. The molecule has 0 aliphatic carbocycles. The molecule has 1 aliphatic heterocycles. The summed E-state index contributed by atoms with van der Waals surface area (Å²) in [5.41, 5.74) is 0.465. The molecule has 0 unspecified atom stereocenters. The van der Waals surface area contributed by atoms with Crippen molar-refractivity contribution in [3.63, 3.8) is 0 Å². The molecule has 3 amide bonds. The highest BCUT2D eigenvalue weighted by Gasteiger charge is 2.34. The monoisotopic (exact) mass is 447 g/mol. The molecule has 8 nitrogen and oxygen atoms in total. The van der Waals surface area contributed by atoms with Crippen LogP contribution in [0.3, 0.4) is 0 Å². The van der Waals surface area contributed by atoms with Gasteiger partial charge in [0.2, 0.25) is 11.8 Å². The first kappa shape index (κ1) is 25.6. The number of nitrogens with zero attached hydrogens (tertiary/aromatic N) is 1. The van der Waals surface area contributed by atoms with Crippen molar-refractivity contribution >= 4 is 17.7 Å². The number of methoxy groups -OCH3 is 2. The van der Waals surface area contributed by atoms with Gasteiger partial charge < -0.3 is 25.0 Å². The van der Waals surface area contributed by atoms with Crippen LogP contribution in [0.2, 0.25) is 0 Å². The fourth-order valence-corrected chi connectivity index (χ4v) is 3.86. The van der Waals surface area contributed by atoms with Gasteiger partial charge >= 0.3 is 0 Å². The molecule has 178 valence electrons. The summed E-state index contributed by atoms with van der Waals surface area (Å²) in [6.07, 6.45) is 2.57. The van der Waals surface area contributed by atoms with Crippen LogP contribution in [0.25, 0.3) is 0 Å². The van der Waals surface area contributed by atoms with E-state index in [1.165, 1.54) is 0 Å². The number of carbonyl (C=O) groups is 3. The third kappa shape index (κ3) is 7.82. The summed E-state index contributed by atoms with van der Waals surface area (Å²) in [4.78, 5) is 40.1. The van der Waals surface area contributed by atoms with Gasteiger partial charge in [0.25, 0.3) is 5.91 Å². The summed E-state index contributed by atoms with van der Waals surface area (Å²) in [7, 11) is 3.19. The van der Waals surface area contributed by atoms with Crippen molar-refractivity contribution in [2.24, 2.45) is 11.8 Å². The lowest BCUT2D eigenvalue weighted by Gasteiger charge is -2.36. The number of hydrogen-bond donors (Lipinski definition) is 2.